The number of furan rings is 2. The molecule has 0 N–H and O–H groups in total. The molecule has 0 bridgehead atoms. The molecular formula is C101H88N4O2Si. The molecule has 0 saturated heterocycles. The van der Waals surface area contributed by atoms with Gasteiger partial charge in [0.1, 0.15) is 23.0 Å². The molecule has 2 aromatic heterocycles. The average molecular weight is 1420 g/mol. The predicted octanol–water partition coefficient (Wildman–Crippen LogP) is 27.9. The molecule has 7 heteroatoms. The van der Waals surface area contributed by atoms with E-state index in [9.17, 15) is 0 Å². The first kappa shape index (κ1) is 67.7. The molecule has 15 aromatic rings. The van der Waals surface area contributed by atoms with Crippen molar-refractivity contribution in [2.45, 2.75) is 96.7 Å². The highest BCUT2D eigenvalue weighted by Gasteiger charge is 2.52. The Balaban J connectivity index is 0.000000152. The Labute approximate surface area is 637 Å². The summed E-state index contributed by atoms with van der Waals surface area (Å²) in [5.74, 6) is 4.05. The molecular weight excluding hydrogens is 1330 g/mol. The molecule has 0 spiro atoms. The van der Waals surface area contributed by atoms with Crippen molar-refractivity contribution in [3.63, 3.8) is 0 Å². The van der Waals surface area contributed by atoms with Crippen molar-refractivity contribution in [1.82, 2.24) is 0 Å². The minimum absolute atomic E-state index is 0.257. The quantitative estimate of drug-likeness (QED) is 0.101. The molecule has 4 aliphatic carbocycles. The summed E-state index contributed by atoms with van der Waals surface area (Å²) in [5, 5.41) is 1.46. The number of benzene rings is 13. The molecule has 0 radical (unpaired) electrons. The third kappa shape index (κ3) is 11.0. The summed E-state index contributed by atoms with van der Waals surface area (Å²) in [5.41, 5.74) is 30.1. The Morgan fingerprint density at radius 2 is 0.454 bits per heavy atom. The zero-order chi connectivity index (χ0) is 74.0. The van der Waals surface area contributed by atoms with E-state index >= 15 is 0 Å². The average Bonchev–Trinajstić information content (AvgIpc) is 1.52. The van der Waals surface area contributed by atoms with Crippen LogP contribution in [0.3, 0.4) is 0 Å². The van der Waals surface area contributed by atoms with Crippen LogP contribution >= 0.6 is 0 Å². The van der Waals surface area contributed by atoms with Gasteiger partial charge in [-0.1, -0.05) is 250 Å². The molecule has 108 heavy (non-hydrogen) atoms. The molecule has 2 heterocycles. The van der Waals surface area contributed by atoms with E-state index in [1.54, 1.807) is 0 Å². The lowest BCUT2D eigenvalue weighted by molar-refractivity contribution is 0.592. The van der Waals surface area contributed by atoms with Crippen LogP contribution in [0, 0.1) is 0 Å². The second-order valence-corrected chi connectivity index (χ2v) is 37.6. The topological polar surface area (TPSA) is 39.2 Å². The lowest BCUT2D eigenvalue weighted by Crippen LogP contribution is -2.37. The zero-order valence-electron chi connectivity index (χ0n) is 63.4. The number of hydrogen-bond acceptors (Lipinski definition) is 6. The maximum atomic E-state index is 7.08. The normalized spacial score (nSPS) is 14.4. The number of anilines is 12. The maximum Gasteiger partial charge on any atom is 0.139 e. The number of hydrogen-bond donors (Lipinski definition) is 0. The number of rotatable bonds is 14. The molecule has 528 valence electrons. The number of nitrogens with zero attached hydrogens (tertiary/aromatic N) is 4. The molecule has 0 unspecified atom stereocenters. The monoisotopic (exact) mass is 1420 g/mol. The van der Waals surface area contributed by atoms with Crippen molar-refractivity contribution in [2.75, 3.05) is 19.6 Å². The van der Waals surface area contributed by atoms with Gasteiger partial charge in [-0.05, 0) is 192 Å². The van der Waals surface area contributed by atoms with Gasteiger partial charge >= 0.3 is 0 Å². The van der Waals surface area contributed by atoms with E-state index in [4.69, 9.17) is 8.83 Å². The van der Waals surface area contributed by atoms with Crippen LogP contribution < -0.4 is 24.8 Å². The Kier molecular flexibility index (Phi) is 16.2. The lowest BCUT2D eigenvalue weighted by atomic mass is 9.74. The summed E-state index contributed by atoms with van der Waals surface area (Å²) in [7, 11) is -1.43. The summed E-state index contributed by atoms with van der Waals surface area (Å²) in [6, 6.07) is 120. The minimum atomic E-state index is -1.43. The largest absolute Gasteiger partial charge is 0.455 e. The molecule has 4 aliphatic rings. The first-order valence-electron chi connectivity index (χ1n) is 38.0. The van der Waals surface area contributed by atoms with Crippen molar-refractivity contribution < 1.29 is 8.83 Å². The first-order valence-corrected chi connectivity index (χ1v) is 41.5. The van der Waals surface area contributed by atoms with Crippen molar-refractivity contribution in [2.24, 2.45) is 0 Å². The zero-order valence-corrected chi connectivity index (χ0v) is 64.4. The smallest absolute Gasteiger partial charge is 0.139 e. The van der Waals surface area contributed by atoms with Crippen LogP contribution in [0.2, 0.25) is 19.6 Å². The van der Waals surface area contributed by atoms with Crippen molar-refractivity contribution in [1.29, 1.82) is 0 Å². The highest BCUT2D eigenvalue weighted by Crippen LogP contribution is 2.65. The van der Waals surface area contributed by atoms with Crippen LogP contribution in [0.4, 0.5) is 68.2 Å². The third-order valence-electron chi connectivity index (χ3n) is 23.3. The first-order chi connectivity index (χ1) is 52.3. The van der Waals surface area contributed by atoms with E-state index in [0.717, 1.165) is 85.6 Å². The maximum absolute atomic E-state index is 7.08. The lowest BCUT2D eigenvalue weighted by Gasteiger charge is -2.31. The third-order valence-corrected chi connectivity index (χ3v) is 25.4. The molecule has 0 atom stereocenters. The van der Waals surface area contributed by atoms with Gasteiger partial charge in [-0.3, -0.25) is 0 Å². The summed E-state index contributed by atoms with van der Waals surface area (Å²) in [4.78, 5) is 9.48. The van der Waals surface area contributed by atoms with Crippen LogP contribution in [-0.2, 0) is 21.7 Å². The standard InChI is InChI=1S/C52H42N2O.C49H46N2OSi/c1-51(2)44-33-39(53(36-21-11-6-12-22-36)37-23-13-7-14-24-37)29-31-42(44)49-47(51)48-50(55-49)43-32-30-40(34-45(43)52(48,3)4)54(38-25-15-8-16-26-38)46-28-18-17-27-41(46)35-19-9-5-10-20-35;1-48(2)42-31-37(50(33-17-11-8-12-18-33)34-19-13-9-14-20-34)25-29-40(42)46-44(48)45-47(52-46)41-30-26-38(32-43(41)49(45,3)4)51(35-21-15-10-16-22-35)36-23-27-39(28-24-36)53(5,6)7/h5-34H,1-4H3;8-32H,1-7H3. The van der Waals surface area contributed by atoms with Gasteiger partial charge in [0.25, 0.3) is 0 Å². The molecule has 19 rings (SSSR count). The van der Waals surface area contributed by atoms with Crippen molar-refractivity contribution in [3.8, 4) is 56.4 Å². The summed E-state index contributed by atoms with van der Waals surface area (Å²) < 4.78 is 14.1. The second kappa shape index (κ2) is 25.8. The molecule has 6 nitrogen and oxygen atoms in total. The van der Waals surface area contributed by atoms with Crippen LogP contribution in [-0.4, -0.2) is 8.07 Å². The molecule has 0 saturated carbocycles. The second-order valence-electron chi connectivity index (χ2n) is 32.5. The molecule has 0 fully saturated rings. The van der Waals surface area contributed by atoms with Gasteiger partial charge in [0.15, 0.2) is 0 Å². The van der Waals surface area contributed by atoms with Gasteiger partial charge in [-0.15, -0.1) is 0 Å². The minimum Gasteiger partial charge on any atom is -0.455 e. The summed E-state index contributed by atoms with van der Waals surface area (Å²) >= 11 is 0. The van der Waals surface area contributed by atoms with Gasteiger partial charge in [0.05, 0.1) is 13.8 Å². The Morgan fingerprint density at radius 3 is 0.741 bits per heavy atom. The van der Waals surface area contributed by atoms with Gasteiger partial charge in [-0.25, -0.2) is 0 Å². The van der Waals surface area contributed by atoms with Crippen LogP contribution in [0.5, 0.6) is 0 Å². The Morgan fingerprint density at radius 1 is 0.222 bits per heavy atom. The van der Waals surface area contributed by atoms with E-state index in [2.05, 4.69) is 428 Å². The molecule has 0 aliphatic heterocycles. The van der Waals surface area contributed by atoms with Crippen LogP contribution in [0.15, 0.2) is 342 Å². The van der Waals surface area contributed by atoms with Crippen LogP contribution in [0.25, 0.3) is 56.4 Å². The van der Waals surface area contributed by atoms with E-state index in [0.29, 0.717) is 0 Å². The van der Waals surface area contributed by atoms with E-state index < -0.39 is 8.07 Å². The fraction of sp³-hybridized carbons (Fsp3) is 0.149. The Hall–Kier alpha value is -12.2. The van der Waals surface area contributed by atoms with Gasteiger partial charge in [0.2, 0.25) is 0 Å². The van der Waals surface area contributed by atoms with Gasteiger partial charge in [0, 0.05) is 134 Å². The van der Waals surface area contributed by atoms with E-state index in [1.165, 1.54) is 88.8 Å². The van der Waals surface area contributed by atoms with Gasteiger partial charge in [-0.2, -0.15) is 0 Å². The van der Waals surface area contributed by atoms with E-state index in [1.807, 2.05) is 0 Å². The summed E-state index contributed by atoms with van der Waals surface area (Å²) in [6.45, 7) is 26.2. The SMILES string of the molecule is CC1(C)c2cc(N(c3ccccc3)c3ccccc3)ccc2-c2oc3c(c21)C(C)(C)c1cc(N(c2ccccc2)c2ccc([Si](C)(C)C)cc2)ccc1-3.CC1(C)c2cc(N(c3ccccc3)c3ccccc3)ccc2-c2oc3c(c21)C(C)(C)c1cc(N(c2ccccc2)c2ccccc2-c2ccccc2)ccc1-3. The fourth-order valence-corrected chi connectivity index (χ4v) is 19.1. The number of para-hydroxylation sites is 7. The Bertz CT molecular complexity index is 5820. The van der Waals surface area contributed by atoms with Crippen LogP contribution in [0.1, 0.15) is 99.9 Å². The van der Waals surface area contributed by atoms with E-state index in [-0.39, 0.29) is 21.7 Å². The highest BCUT2D eigenvalue weighted by molar-refractivity contribution is 6.88. The highest BCUT2D eigenvalue weighted by atomic mass is 28.3. The van der Waals surface area contributed by atoms with Crippen molar-refractivity contribution >= 4 is 81.5 Å². The summed E-state index contributed by atoms with van der Waals surface area (Å²) in [6.07, 6.45) is 0. The van der Waals surface area contributed by atoms with Gasteiger partial charge < -0.3 is 28.4 Å². The fourth-order valence-electron chi connectivity index (χ4n) is 18.0. The molecule has 13 aromatic carbocycles. The molecule has 0 amide bonds. The number of fused-ring (bicyclic) bond motifs is 14. The predicted molar refractivity (Wildman–Crippen MR) is 455 cm³/mol. The van der Waals surface area contributed by atoms with Crippen molar-refractivity contribution in [3.05, 3.63) is 378 Å².